The van der Waals surface area contributed by atoms with Crippen LogP contribution in [0.4, 0.5) is 0 Å². The third-order valence-electron chi connectivity index (χ3n) is 2.53. The van der Waals surface area contributed by atoms with E-state index >= 15 is 0 Å². The maximum atomic E-state index is 11.7. The number of nitrogens with two attached hydrogens (primary N) is 1. The minimum atomic E-state index is -0.122. The molecule has 5 nitrogen and oxygen atoms in total. The van der Waals surface area contributed by atoms with Crippen molar-refractivity contribution < 1.29 is 9.53 Å². The fourth-order valence-electron chi connectivity index (χ4n) is 1.58. The van der Waals surface area contributed by atoms with E-state index in [0.717, 1.165) is 24.6 Å². The molecule has 2 rings (SSSR count). The van der Waals surface area contributed by atoms with E-state index < -0.39 is 0 Å². The van der Waals surface area contributed by atoms with Crippen LogP contribution in [0, 0.1) is 5.92 Å². The lowest BCUT2D eigenvalue weighted by molar-refractivity contribution is 0.0940. The maximum Gasteiger partial charge on any atom is 0.270 e. The molecule has 0 radical (unpaired) electrons. The van der Waals surface area contributed by atoms with Gasteiger partial charge in [-0.05, 0) is 6.42 Å². The molecule has 1 saturated heterocycles. The summed E-state index contributed by atoms with van der Waals surface area (Å²) < 4.78 is 5.24. The molecule has 1 unspecified atom stereocenters. The van der Waals surface area contributed by atoms with E-state index in [9.17, 15) is 4.79 Å². The van der Waals surface area contributed by atoms with Gasteiger partial charge in [0.05, 0.1) is 6.61 Å². The number of carbonyl (C=O) groups is 1. The van der Waals surface area contributed by atoms with Gasteiger partial charge in [0, 0.05) is 31.0 Å². The van der Waals surface area contributed by atoms with Crippen molar-refractivity contribution in [2.45, 2.75) is 13.0 Å². The Kier molecular flexibility index (Phi) is 3.87. The summed E-state index contributed by atoms with van der Waals surface area (Å²) in [5, 5.41) is 5.39. The summed E-state index contributed by atoms with van der Waals surface area (Å²) in [6.45, 7) is 2.59. The molecule has 1 atom stereocenters. The van der Waals surface area contributed by atoms with Gasteiger partial charge in [-0.25, -0.2) is 4.98 Å². The molecule has 1 aromatic rings. The Morgan fingerprint density at radius 1 is 1.75 bits per heavy atom. The fraction of sp³-hybridized carbons (Fsp3) is 0.600. The van der Waals surface area contributed by atoms with E-state index in [1.807, 2.05) is 0 Å². The number of hydrogen-bond acceptors (Lipinski definition) is 5. The van der Waals surface area contributed by atoms with Crippen LogP contribution in [0.25, 0.3) is 0 Å². The number of hydrogen-bond donors (Lipinski definition) is 2. The number of amides is 1. The van der Waals surface area contributed by atoms with Crippen LogP contribution in [0.2, 0.25) is 0 Å². The van der Waals surface area contributed by atoms with Crippen molar-refractivity contribution in [2.75, 3.05) is 19.8 Å². The molecule has 1 aliphatic heterocycles. The highest BCUT2D eigenvalue weighted by atomic mass is 32.1. The van der Waals surface area contributed by atoms with Gasteiger partial charge in [0.25, 0.3) is 5.91 Å². The predicted octanol–water partition coefficient (Wildman–Crippen LogP) is 0.368. The molecule has 0 aliphatic carbocycles. The van der Waals surface area contributed by atoms with Crippen LogP contribution in [0.3, 0.4) is 0 Å². The molecule has 2 heterocycles. The van der Waals surface area contributed by atoms with Crippen LogP contribution in [-0.2, 0) is 11.3 Å². The second-order valence-electron chi connectivity index (χ2n) is 3.77. The summed E-state index contributed by atoms with van der Waals surface area (Å²) in [4.78, 5) is 15.8. The van der Waals surface area contributed by atoms with Gasteiger partial charge >= 0.3 is 0 Å². The molecule has 16 heavy (non-hydrogen) atoms. The predicted molar refractivity (Wildman–Crippen MR) is 61.3 cm³/mol. The molecule has 3 N–H and O–H groups in total. The molecule has 6 heteroatoms. The zero-order chi connectivity index (χ0) is 11.4. The highest BCUT2D eigenvalue weighted by Gasteiger charge is 2.17. The molecule has 0 saturated carbocycles. The number of nitrogens with one attached hydrogen (secondary N) is 1. The van der Waals surface area contributed by atoms with E-state index in [0.29, 0.717) is 24.7 Å². The van der Waals surface area contributed by atoms with Gasteiger partial charge in [-0.3, -0.25) is 4.79 Å². The summed E-state index contributed by atoms with van der Waals surface area (Å²) >= 11 is 1.41. The van der Waals surface area contributed by atoms with E-state index in [1.165, 1.54) is 11.3 Å². The monoisotopic (exact) mass is 241 g/mol. The average molecular weight is 241 g/mol. The Labute approximate surface area is 98.0 Å². The van der Waals surface area contributed by atoms with Crippen LogP contribution in [0.15, 0.2) is 5.38 Å². The number of nitrogens with zero attached hydrogens (tertiary/aromatic N) is 1. The molecule has 88 valence electrons. The number of carbonyl (C=O) groups excluding carboxylic acids is 1. The van der Waals surface area contributed by atoms with Gasteiger partial charge in [-0.15, -0.1) is 11.3 Å². The second-order valence-corrected chi connectivity index (χ2v) is 4.71. The summed E-state index contributed by atoms with van der Waals surface area (Å²) in [5.41, 5.74) is 5.90. The molecule has 1 aliphatic rings. The van der Waals surface area contributed by atoms with Gasteiger partial charge in [0.15, 0.2) is 0 Å². The van der Waals surface area contributed by atoms with Gasteiger partial charge in [-0.2, -0.15) is 0 Å². The Morgan fingerprint density at radius 3 is 3.25 bits per heavy atom. The molecule has 1 fully saturated rings. The van der Waals surface area contributed by atoms with Crippen molar-refractivity contribution in [3.63, 3.8) is 0 Å². The highest BCUT2D eigenvalue weighted by Crippen LogP contribution is 2.12. The normalized spacial score (nSPS) is 19.9. The zero-order valence-corrected chi connectivity index (χ0v) is 9.76. The minimum absolute atomic E-state index is 0.122. The molecule has 0 spiro atoms. The Bertz CT molecular complexity index is 361. The SMILES string of the molecule is NCc1nc(C(=O)NCC2CCOC2)cs1. The number of thiazole rings is 1. The Morgan fingerprint density at radius 2 is 2.62 bits per heavy atom. The first-order valence-corrected chi connectivity index (χ1v) is 6.18. The van der Waals surface area contributed by atoms with E-state index in [1.54, 1.807) is 5.38 Å². The van der Waals surface area contributed by atoms with Crippen molar-refractivity contribution in [1.82, 2.24) is 10.3 Å². The van der Waals surface area contributed by atoms with E-state index in [4.69, 9.17) is 10.5 Å². The highest BCUT2D eigenvalue weighted by molar-refractivity contribution is 7.09. The standard InChI is InChI=1S/C10H15N3O2S/c11-3-9-13-8(6-16-9)10(14)12-4-7-1-2-15-5-7/h6-7H,1-5,11H2,(H,12,14). The third kappa shape index (κ3) is 2.78. The Balaban J connectivity index is 1.82. The zero-order valence-electron chi connectivity index (χ0n) is 8.94. The quantitative estimate of drug-likeness (QED) is 0.798. The molecular weight excluding hydrogens is 226 g/mol. The molecular formula is C10H15N3O2S. The summed E-state index contributed by atoms with van der Waals surface area (Å²) in [7, 11) is 0. The van der Waals surface area contributed by atoms with Crippen LogP contribution in [0.5, 0.6) is 0 Å². The second kappa shape index (κ2) is 5.38. The van der Waals surface area contributed by atoms with Crippen molar-refractivity contribution in [1.29, 1.82) is 0 Å². The van der Waals surface area contributed by atoms with Gasteiger partial charge in [0.1, 0.15) is 10.7 Å². The molecule has 1 aromatic heterocycles. The van der Waals surface area contributed by atoms with E-state index in [2.05, 4.69) is 10.3 Å². The molecule has 0 bridgehead atoms. The minimum Gasteiger partial charge on any atom is -0.381 e. The first kappa shape index (κ1) is 11.5. The van der Waals surface area contributed by atoms with Crippen LogP contribution >= 0.6 is 11.3 Å². The van der Waals surface area contributed by atoms with Gasteiger partial charge in [-0.1, -0.05) is 0 Å². The topological polar surface area (TPSA) is 77.2 Å². The lowest BCUT2D eigenvalue weighted by Gasteiger charge is -2.07. The molecule has 0 aromatic carbocycles. The Hall–Kier alpha value is -0.980. The number of aromatic nitrogens is 1. The van der Waals surface area contributed by atoms with Crippen molar-refractivity contribution >= 4 is 17.2 Å². The first-order chi connectivity index (χ1) is 7.79. The smallest absolute Gasteiger partial charge is 0.270 e. The van der Waals surface area contributed by atoms with Crippen molar-refractivity contribution in [3.05, 3.63) is 16.1 Å². The van der Waals surface area contributed by atoms with Gasteiger partial charge in [0.2, 0.25) is 0 Å². The number of ether oxygens (including phenoxy) is 1. The van der Waals surface area contributed by atoms with E-state index in [-0.39, 0.29) is 5.91 Å². The average Bonchev–Trinajstić information content (AvgIpc) is 2.96. The lowest BCUT2D eigenvalue weighted by Crippen LogP contribution is -2.29. The summed E-state index contributed by atoms with van der Waals surface area (Å²) in [5.74, 6) is 0.319. The fourth-order valence-corrected chi connectivity index (χ4v) is 2.24. The summed E-state index contributed by atoms with van der Waals surface area (Å²) in [6.07, 6.45) is 1.02. The third-order valence-corrected chi connectivity index (χ3v) is 3.41. The summed E-state index contributed by atoms with van der Waals surface area (Å²) in [6, 6.07) is 0. The molecule has 1 amide bonds. The van der Waals surface area contributed by atoms with Crippen molar-refractivity contribution in [3.8, 4) is 0 Å². The largest absolute Gasteiger partial charge is 0.381 e. The number of rotatable bonds is 4. The van der Waals surface area contributed by atoms with Gasteiger partial charge < -0.3 is 15.8 Å². The van der Waals surface area contributed by atoms with Crippen LogP contribution < -0.4 is 11.1 Å². The lowest BCUT2D eigenvalue weighted by atomic mass is 10.1. The van der Waals surface area contributed by atoms with Crippen LogP contribution in [-0.4, -0.2) is 30.6 Å². The van der Waals surface area contributed by atoms with Crippen molar-refractivity contribution in [2.24, 2.45) is 11.7 Å². The maximum absolute atomic E-state index is 11.7. The van der Waals surface area contributed by atoms with Crippen LogP contribution in [0.1, 0.15) is 21.9 Å². The first-order valence-electron chi connectivity index (χ1n) is 5.30.